The molecule has 0 radical (unpaired) electrons. The third-order valence-electron chi connectivity index (χ3n) is 1.14. The molecule has 0 aliphatic carbocycles. The molecule has 0 saturated carbocycles. The van der Waals surface area contributed by atoms with Crippen molar-refractivity contribution in [3.05, 3.63) is 12.7 Å². The van der Waals surface area contributed by atoms with E-state index in [9.17, 15) is 4.79 Å². The van der Waals surface area contributed by atoms with Crippen molar-refractivity contribution in [2.75, 3.05) is 13.1 Å². The second-order valence-electron chi connectivity index (χ2n) is 2.24. The summed E-state index contributed by atoms with van der Waals surface area (Å²) in [6.45, 7) is 6.25. The van der Waals surface area contributed by atoms with Gasteiger partial charge in [0.05, 0.1) is 6.54 Å². The predicted molar refractivity (Wildman–Crippen MR) is 39.9 cm³/mol. The van der Waals surface area contributed by atoms with Gasteiger partial charge in [-0.3, -0.25) is 4.79 Å². The summed E-state index contributed by atoms with van der Waals surface area (Å²) in [5.74, 6) is -0.490. The van der Waals surface area contributed by atoms with Gasteiger partial charge in [0.25, 0.3) is 0 Å². The van der Waals surface area contributed by atoms with E-state index < -0.39 is 5.97 Å². The van der Waals surface area contributed by atoms with Crippen LogP contribution < -0.4 is 5.32 Å². The maximum absolute atomic E-state index is 9.98. The van der Waals surface area contributed by atoms with E-state index in [1.165, 1.54) is 0 Å². The van der Waals surface area contributed by atoms with Gasteiger partial charge in [-0.15, -0.1) is 6.58 Å². The van der Waals surface area contributed by atoms with Gasteiger partial charge in [-0.2, -0.15) is 0 Å². The molecular formula is C7H13NO2. The third kappa shape index (κ3) is 5.31. The molecular weight excluding hydrogens is 130 g/mol. The molecule has 3 heteroatoms. The van der Waals surface area contributed by atoms with Crippen molar-refractivity contribution >= 4 is 5.97 Å². The van der Waals surface area contributed by atoms with Crippen LogP contribution in [0.2, 0.25) is 0 Å². The van der Waals surface area contributed by atoms with Crippen molar-refractivity contribution in [2.45, 2.75) is 6.92 Å². The average molecular weight is 143 g/mol. The van der Waals surface area contributed by atoms with E-state index in [2.05, 4.69) is 11.9 Å². The lowest BCUT2D eigenvalue weighted by atomic mass is 10.2. The van der Waals surface area contributed by atoms with Gasteiger partial charge in [-0.1, -0.05) is 13.0 Å². The lowest BCUT2D eigenvalue weighted by molar-refractivity contribution is -0.135. The first-order valence-corrected chi connectivity index (χ1v) is 3.22. The van der Waals surface area contributed by atoms with E-state index in [0.717, 1.165) is 0 Å². The monoisotopic (exact) mass is 143 g/mol. The molecule has 0 spiro atoms. The highest BCUT2D eigenvalue weighted by Crippen LogP contribution is 1.90. The normalized spacial score (nSPS) is 12.5. The van der Waals surface area contributed by atoms with Gasteiger partial charge in [0, 0.05) is 6.54 Å². The Bertz CT molecular complexity index is 123. The summed E-state index contributed by atoms with van der Waals surface area (Å²) >= 11 is 0. The Kier molecular flexibility index (Phi) is 4.58. The van der Waals surface area contributed by atoms with Crippen LogP contribution in [-0.4, -0.2) is 24.2 Å². The summed E-state index contributed by atoms with van der Waals surface area (Å²) < 4.78 is 0. The number of carboxylic acids is 1. The molecule has 0 amide bonds. The largest absolute Gasteiger partial charge is 0.480 e. The van der Waals surface area contributed by atoms with Gasteiger partial charge < -0.3 is 10.4 Å². The van der Waals surface area contributed by atoms with Crippen LogP contribution in [0.5, 0.6) is 0 Å². The van der Waals surface area contributed by atoms with Crippen molar-refractivity contribution < 1.29 is 9.90 Å². The van der Waals surface area contributed by atoms with Gasteiger partial charge in [0.15, 0.2) is 0 Å². The summed E-state index contributed by atoms with van der Waals surface area (Å²) in [6, 6.07) is 0. The van der Waals surface area contributed by atoms with Gasteiger partial charge >= 0.3 is 5.97 Å². The Morgan fingerprint density at radius 3 is 2.90 bits per heavy atom. The molecule has 0 fully saturated rings. The number of carboxylic acid groups (broad SMARTS) is 1. The third-order valence-corrected chi connectivity index (χ3v) is 1.14. The van der Waals surface area contributed by atoms with Crippen LogP contribution in [-0.2, 0) is 4.79 Å². The fraction of sp³-hybridized carbons (Fsp3) is 0.571. The molecule has 0 aliphatic rings. The van der Waals surface area contributed by atoms with Gasteiger partial charge in [0.2, 0.25) is 0 Å². The predicted octanol–water partition coefficient (Wildman–Crippen LogP) is 0.483. The van der Waals surface area contributed by atoms with E-state index in [1.54, 1.807) is 6.08 Å². The molecule has 0 bridgehead atoms. The minimum Gasteiger partial charge on any atom is -0.480 e. The van der Waals surface area contributed by atoms with Crippen molar-refractivity contribution in [1.82, 2.24) is 5.32 Å². The van der Waals surface area contributed by atoms with E-state index >= 15 is 0 Å². The maximum Gasteiger partial charge on any atom is 0.317 e. The van der Waals surface area contributed by atoms with Crippen LogP contribution in [0.4, 0.5) is 0 Å². The average Bonchev–Trinajstić information content (AvgIpc) is 1.87. The molecule has 0 saturated heterocycles. The minimum absolute atomic E-state index is 0.0260. The Morgan fingerprint density at radius 1 is 1.90 bits per heavy atom. The molecule has 0 aromatic heterocycles. The molecule has 0 aromatic carbocycles. The number of nitrogens with one attached hydrogen (secondary N) is 1. The summed E-state index contributed by atoms with van der Waals surface area (Å²) in [4.78, 5) is 9.98. The number of aliphatic carboxylic acids is 1. The van der Waals surface area contributed by atoms with Crippen molar-refractivity contribution in [2.24, 2.45) is 5.92 Å². The highest BCUT2D eigenvalue weighted by molar-refractivity contribution is 5.68. The van der Waals surface area contributed by atoms with E-state index in [-0.39, 0.29) is 6.54 Å². The van der Waals surface area contributed by atoms with Crippen LogP contribution in [0.3, 0.4) is 0 Å². The molecule has 0 aromatic rings. The smallest absolute Gasteiger partial charge is 0.317 e. The molecule has 1 atom stereocenters. The fourth-order valence-electron chi connectivity index (χ4n) is 0.490. The van der Waals surface area contributed by atoms with Crippen molar-refractivity contribution in [3.63, 3.8) is 0 Å². The van der Waals surface area contributed by atoms with Crippen LogP contribution in [0.15, 0.2) is 12.7 Å². The summed E-state index contributed by atoms with van der Waals surface area (Å²) in [5.41, 5.74) is 0. The van der Waals surface area contributed by atoms with Crippen molar-refractivity contribution in [3.8, 4) is 0 Å². The van der Waals surface area contributed by atoms with Gasteiger partial charge in [0.1, 0.15) is 0 Å². The Hall–Kier alpha value is -0.830. The van der Waals surface area contributed by atoms with Crippen molar-refractivity contribution in [1.29, 1.82) is 0 Å². The molecule has 10 heavy (non-hydrogen) atoms. The highest BCUT2D eigenvalue weighted by atomic mass is 16.4. The standard InChI is InChI=1S/C7H13NO2/c1-3-6(2)4-8-5-7(9)10/h3,6,8H,1,4-5H2,2H3,(H,9,10). The Morgan fingerprint density at radius 2 is 2.50 bits per heavy atom. The van der Waals surface area contributed by atoms with Gasteiger partial charge in [-0.05, 0) is 5.92 Å². The molecule has 3 nitrogen and oxygen atoms in total. The lowest BCUT2D eigenvalue weighted by Gasteiger charge is -2.04. The topological polar surface area (TPSA) is 49.3 Å². The first-order chi connectivity index (χ1) is 4.66. The molecule has 0 rings (SSSR count). The zero-order valence-corrected chi connectivity index (χ0v) is 6.13. The minimum atomic E-state index is -0.823. The summed E-state index contributed by atoms with van der Waals surface area (Å²) in [6.07, 6.45) is 1.79. The van der Waals surface area contributed by atoms with Crippen LogP contribution >= 0.6 is 0 Å². The fourth-order valence-corrected chi connectivity index (χ4v) is 0.490. The molecule has 58 valence electrons. The number of hydrogen-bond donors (Lipinski definition) is 2. The number of carbonyl (C=O) groups is 1. The number of rotatable bonds is 5. The number of hydrogen-bond acceptors (Lipinski definition) is 2. The Labute approximate surface area is 60.7 Å². The first kappa shape index (κ1) is 9.17. The molecule has 1 unspecified atom stereocenters. The second kappa shape index (κ2) is 4.99. The second-order valence-corrected chi connectivity index (χ2v) is 2.24. The summed E-state index contributed by atoms with van der Waals surface area (Å²) in [7, 11) is 0. The first-order valence-electron chi connectivity index (χ1n) is 3.22. The maximum atomic E-state index is 9.98. The zero-order chi connectivity index (χ0) is 7.98. The molecule has 0 heterocycles. The SMILES string of the molecule is C=CC(C)CNCC(=O)O. The van der Waals surface area contributed by atoms with E-state index in [1.807, 2.05) is 6.92 Å². The quantitative estimate of drug-likeness (QED) is 0.550. The van der Waals surface area contributed by atoms with E-state index in [4.69, 9.17) is 5.11 Å². The molecule has 0 aliphatic heterocycles. The summed E-state index contributed by atoms with van der Waals surface area (Å²) in [5, 5.41) is 11.0. The zero-order valence-electron chi connectivity index (χ0n) is 6.13. The lowest BCUT2D eigenvalue weighted by Crippen LogP contribution is -2.26. The molecule has 2 N–H and O–H groups in total. The van der Waals surface area contributed by atoms with E-state index in [0.29, 0.717) is 12.5 Å². The Balaban J connectivity index is 3.19. The van der Waals surface area contributed by atoms with Crippen LogP contribution in [0.1, 0.15) is 6.92 Å². The van der Waals surface area contributed by atoms with Crippen LogP contribution in [0, 0.1) is 5.92 Å². The van der Waals surface area contributed by atoms with Gasteiger partial charge in [-0.25, -0.2) is 0 Å². The highest BCUT2D eigenvalue weighted by Gasteiger charge is 1.97. The van der Waals surface area contributed by atoms with Crippen LogP contribution in [0.25, 0.3) is 0 Å².